The highest BCUT2D eigenvalue weighted by Gasteiger charge is 2.40. The second-order valence-electron chi connectivity index (χ2n) is 6.93. The van der Waals surface area contributed by atoms with Crippen molar-refractivity contribution in [2.75, 3.05) is 0 Å². The molecule has 0 spiro atoms. The molecule has 1 aliphatic rings. The zero-order chi connectivity index (χ0) is 16.6. The first kappa shape index (κ1) is 15.9. The van der Waals surface area contributed by atoms with Gasteiger partial charge in [0.2, 0.25) is 0 Å². The van der Waals surface area contributed by atoms with Gasteiger partial charge in [0, 0.05) is 23.9 Å². The fraction of sp³-hybridized carbons (Fsp3) is 0.381. The van der Waals surface area contributed by atoms with E-state index in [1.807, 2.05) is 13.8 Å². The van der Waals surface area contributed by atoms with E-state index in [0.717, 1.165) is 0 Å². The normalized spacial score (nSPS) is 27.9. The molecular weight excluding hydrogens is 282 g/mol. The van der Waals surface area contributed by atoms with Gasteiger partial charge in [-0.25, -0.2) is 0 Å². The Morgan fingerprint density at radius 3 is 1.61 bits per heavy atom. The van der Waals surface area contributed by atoms with Gasteiger partial charge in [-0.05, 0) is 25.0 Å². The molecule has 1 N–H and O–H groups in total. The lowest BCUT2D eigenvalue weighted by Gasteiger charge is -2.39. The smallest absolute Gasteiger partial charge is 0.142 e. The Labute approximate surface area is 138 Å². The van der Waals surface area contributed by atoms with E-state index in [-0.39, 0.29) is 23.9 Å². The molecule has 2 aromatic rings. The molecule has 1 saturated heterocycles. The molecule has 23 heavy (non-hydrogen) atoms. The molecule has 0 unspecified atom stereocenters. The van der Waals surface area contributed by atoms with E-state index < -0.39 is 0 Å². The van der Waals surface area contributed by atoms with Crippen LogP contribution in [-0.4, -0.2) is 5.78 Å². The Morgan fingerprint density at radius 2 is 1.22 bits per heavy atom. The third kappa shape index (κ3) is 3.09. The maximum absolute atomic E-state index is 12.8. The quantitative estimate of drug-likeness (QED) is 0.883. The number of ketones is 1. The molecule has 1 aliphatic heterocycles. The van der Waals surface area contributed by atoms with Gasteiger partial charge in [0.25, 0.3) is 0 Å². The minimum Gasteiger partial charge on any atom is -0.302 e. The van der Waals surface area contributed by atoms with Crippen LogP contribution in [0.4, 0.5) is 0 Å². The fourth-order valence-electron chi connectivity index (χ4n) is 3.72. The summed E-state index contributed by atoms with van der Waals surface area (Å²) in [7, 11) is 0. The van der Waals surface area contributed by atoms with Crippen molar-refractivity contribution >= 4 is 5.78 Å². The number of rotatable bonds is 2. The summed E-state index contributed by atoms with van der Waals surface area (Å²) in [6.45, 7) is 8.29. The van der Waals surface area contributed by atoms with Crippen LogP contribution in [0.2, 0.25) is 0 Å². The second kappa shape index (κ2) is 6.29. The predicted octanol–water partition coefficient (Wildman–Crippen LogP) is 4.53. The maximum atomic E-state index is 12.8. The summed E-state index contributed by atoms with van der Waals surface area (Å²) in [5.41, 5.74) is 4.87. The molecule has 0 aromatic heterocycles. The first-order valence-electron chi connectivity index (χ1n) is 8.40. The summed E-state index contributed by atoms with van der Waals surface area (Å²) in [4.78, 5) is 12.8. The second-order valence-corrected chi connectivity index (χ2v) is 6.93. The summed E-state index contributed by atoms with van der Waals surface area (Å²) in [6, 6.07) is 17.1. The number of nitrogens with one attached hydrogen (secondary N) is 1. The molecule has 0 saturated carbocycles. The van der Waals surface area contributed by atoms with Crippen LogP contribution < -0.4 is 5.32 Å². The number of piperidine rings is 1. The third-order valence-electron chi connectivity index (χ3n) is 5.06. The Kier molecular flexibility index (Phi) is 4.36. The lowest BCUT2D eigenvalue weighted by atomic mass is 9.76. The largest absolute Gasteiger partial charge is 0.302 e. The lowest BCUT2D eigenvalue weighted by Crippen LogP contribution is -2.46. The van der Waals surface area contributed by atoms with Crippen LogP contribution in [0.5, 0.6) is 0 Å². The first-order valence-corrected chi connectivity index (χ1v) is 8.40. The number of carbonyl (C=O) groups is 1. The third-order valence-corrected chi connectivity index (χ3v) is 5.06. The minimum atomic E-state index is -0.00661. The number of aryl methyl sites for hydroxylation is 2. The maximum Gasteiger partial charge on any atom is 0.142 e. The Bertz CT molecular complexity index is 662. The zero-order valence-corrected chi connectivity index (χ0v) is 14.3. The van der Waals surface area contributed by atoms with Crippen molar-refractivity contribution < 1.29 is 4.79 Å². The lowest BCUT2D eigenvalue weighted by molar-refractivity contribution is -0.130. The number of benzene rings is 2. The number of hydrogen-bond donors (Lipinski definition) is 1. The van der Waals surface area contributed by atoms with Crippen molar-refractivity contribution in [3.05, 3.63) is 70.8 Å². The molecular formula is C21H25NO. The molecule has 4 atom stereocenters. The summed E-state index contributed by atoms with van der Waals surface area (Å²) in [5.74, 6) is 0.336. The van der Waals surface area contributed by atoms with Crippen LogP contribution in [0.25, 0.3) is 0 Å². The monoisotopic (exact) mass is 307 g/mol. The van der Waals surface area contributed by atoms with E-state index in [0.29, 0.717) is 5.78 Å². The van der Waals surface area contributed by atoms with Crippen molar-refractivity contribution in [1.29, 1.82) is 0 Å². The van der Waals surface area contributed by atoms with Crippen LogP contribution in [0.15, 0.2) is 48.5 Å². The molecule has 1 heterocycles. The standard InChI is InChI=1S/C21H25NO/c1-13-7-5-9-17(11-13)19-15(3)21(23)16(4)20(22-19)18-10-6-8-14(2)12-18/h5-12,15-16,19-20,22H,1-4H3/t15-,16+,19+,20-. The molecule has 1 fully saturated rings. The van der Waals surface area contributed by atoms with E-state index in [1.165, 1.54) is 22.3 Å². The number of carbonyl (C=O) groups excluding carboxylic acids is 1. The molecule has 0 amide bonds. The van der Waals surface area contributed by atoms with Crippen molar-refractivity contribution in [3.8, 4) is 0 Å². The summed E-state index contributed by atoms with van der Waals surface area (Å²) >= 11 is 0. The zero-order valence-electron chi connectivity index (χ0n) is 14.3. The average molecular weight is 307 g/mol. The van der Waals surface area contributed by atoms with Gasteiger partial charge in [-0.15, -0.1) is 0 Å². The molecule has 2 nitrogen and oxygen atoms in total. The minimum absolute atomic E-state index is 0.00661. The highest BCUT2D eigenvalue weighted by Crippen LogP contribution is 2.38. The van der Waals surface area contributed by atoms with Crippen LogP contribution >= 0.6 is 0 Å². The fourth-order valence-corrected chi connectivity index (χ4v) is 3.72. The molecule has 0 radical (unpaired) electrons. The highest BCUT2D eigenvalue weighted by molar-refractivity contribution is 5.85. The highest BCUT2D eigenvalue weighted by atomic mass is 16.1. The van der Waals surface area contributed by atoms with E-state index in [2.05, 4.69) is 67.7 Å². The van der Waals surface area contributed by atoms with Gasteiger partial charge in [0.05, 0.1) is 0 Å². The van der Waals surface area contributed by atoms with E-state index in [1.54, 1.807) is 0 Å². The molecule has 120 valence electrons. The van der Waals surface area contributed by atoms with Gasteiger partial charge in [-0.1, -0.05) is 73.5 Å². The summed E-state index contributed by atoms with van der Waals surface area (Å²) < 4.78 is 0. The van der Waals surface area contributed by atoms with Crippen molar-refractivity contribution in [1.82, 2.24) is 5.32 Å². The van der Waals surface area contributed by atoms with Crippen molar-refractivity contribution in [3.63, 3.8) is 0 Å². The van der Waals surface area contributed by atoms with Crippen LogP contribution in [0.1, 0.15) is 48.2 Å². The topological polar surface area (TPSA) is 29.1 Å². The van der Waals surface area contributed by atoms with Crippen LogP contribution in [0, 0.1) is 25.7 Å². The first-order chi connectivity index (χ1) is 11.0. The number of Topliss-reactive ketones (excluding diaryl/α,β-unsaturated/α-hetero) is 1. The van der Waals surface area contributed by atoms with Crippen LogP contribution in [0.3, 0.4) is 0 Å². The van der Waals surface area contributed by atoms with E-state index in [9.17, 15) is 4.79 Å². The molecule has 0 aliphatic carbocycles. The van der Waals surface area contributed by atoms with Gasteiger partial charge >= 0.3 is 0 Å². The van der Waals surface area contributed by atoms with Gasteiger partial charge in [0.1, 0.15) is 5.78 Å². The Morgan fingerprint density at radius 1 is 0.783 bits per heavy atom. The van der Waals surface area contributed by atoms with Gasteiger partial charge in [-0.3, -0.25) is 4.79 Å². The Balaban J connectivity index is 1.97. The Hall–Kier alpha value is -1.93. The van der Waals surface area contributed by atoms with Crippen LogP contribution in [-0.2, 0) is 4.79 Å². The van der Waals surface area contributed by atoms with E-state index in [4.69, 9.17) is 0 Å². The number of hydrogen-bond acceptors (Lipinski definition) is 2. The van der Waals surface area contributed by atoms with Gasteiger partial charge in [-0.2, -0.15) is 0 Å². The van der Waals surface area contributed by atoms with Gasteiger partial charge in [0.15, 0.2) is 0 Å². The predicted molar refractivity (Wildman–Crippen MR) is 94.3 cm³/mol. The molecule has 0 bridgehead atoms. The molecule has 2 aromatic carbocycles. The average Bonchev–Trinajstić information content (AvgIpc) is 2.53. The molecule has 2 heteroatoms. The molecule has 3 rings (SSSR count). The van der Waals surface area contributed by atoms with Crippen molar-refractivity contribution in [2.24, 2.45) is 11.8 Å². The van der Waals surface area contributed by atoms with Gasteiger partial charge < -0.3 is 5.32 Å². The summed E-state index contributed by atoms with van der Waals surface area (Å²) in [6.07, 6.45) is 0. The SMILES string of the molecule is Cc1cccc([C@H]2N[C@@H](c3cccc(C)c3)[C@H](C)C(=O)[C@@H]2C)c1. The summed E-state index contributed by atoms with van der Waals surface area (Å²) in [5, 5.41) is 3.75. The van der Waals surface area contributed by atoms with E-state index >= 15 is 0 Å². The van der Waals surface area contributed by atoms with Crippen molar-refractivity contribution in [2.45, 2.75) is 39.8 Å².